The third-order valence-electron chi connectivity index (χ3n) is 0.850. The molecule has 1 rings (SSSR count). The second kappa shape index (κ2) is 6.75. The zero-order valence-electron chi connectivity index (χ0n) is 6.87. The highest BCUT2D eigenvalue weighted by atomic mass is 35.5. The van der Waals surface area contributed by atoms with Crippen LogP contribution in [0.5, 0.6) is 0 Å². The van der Waals surface area contributed by atoms with Gasteiger partial charge >= 0.3 is 0 Å². The lowest BCUT2D eigenvalue weighted by Gasteiger charge is -1.86. The zero-order valence-corrected chi connectivity index (χ0v) is 7.62. The number of anilines is 1. The maximum atomic E-state index is 5.30. The van der Waals surface area contributed by atoms with Gasteiger partial charge in [-0.15, -0.1) is 0 Å². The standard InChI is InChI=1S/C3H3ClN4.C3H9N/c4-2-6-1-7-3(5)8-2;1-2-3-4/h1H,(H2,5,6,7,8);2-4H2,1H3. The Morgan fingerprint density at radius 1 is 1.50 bits per heavy atom. The molecule has 0 radical (unpaired) electrons. The van der Waals surface area contributed by atoms with E-state index in [2.05, 4.69) is 21.9 Å². The van der Waals surface area contributed by atoms with Crippen LogP contribution in [0, 0.1) is 0 Å². The monoisotopic (exact) mass is 189 g/mol. The number of nitrogen functional groups attached to an aromatic ring is 1. The van der Waals surface area contributed by atoms with Crippen molar-refractivity contribution < 1.29 is 0 Å². The van der Waals surface area contributed by atoms with Crippen LogP contribution < -0.4 is 11.5 Å². The summed E-state index contributed by atoms with van der Waals surface area (Å²) in [6.07, 6.45) is 2.35. The van der Waals surface area contributed by atoms with Gasteiger partial charge in [-0.3, -0.25) is 0 Å². The predicted octanol–water partition coefficient (Wildman–Crippen LogP) is 0.462. The molecule has 0 amide bonds. The Hall–Kier alpha value is -0.940. The molecule has 0 saturated heterocycles. The second-order valence-corrected chi connectivity index (χ2v) is 2.24. The zero-order chi connectivity index (χ0) is 9.40. The molecule has 0 unspecified atom stereocenters. The molecule has 0 aliphatic carbocycles. The topological polar surface area (TPSA) is 90.7 Å². The SMILES string of the molecule is CCCN.Nc1ncnc(Cl)n1. The molecule has 0 atom stereocenters. The van der Waals surface area contributed by atoms with E-state index in [1.165, 1.54) is 6.33 Å². The Bertz CT molecular complexity index is 198. The summed E-state index contributed by atoms with van der Waals surface area (Å²) in [4.78, 5) is 10.5. The average Bonchev–Trinajstić information content (AvgIpc) is 2.04. The summed E-state index contributed by atoms with van der Waals surface area (Å²) < 4.78 is 0. The van der Waals surface area contributed by atoms with E-state index < -0.39 is 0 Å². The van der Waals surface area contributed by atoms with E-state index in [4.69, 9.17) is 23.1 Å². The summed E-state index contributed by atoms with van der Waals surface area (Å²) in [6.45, 7) is 2.88. The number of hydrogen-bond acceptors (Lipinski definition) is 5. The van der Waals surface area contributed by atoms with Crippen molar-refractivity contribution in [3.63, 3.8) is 0 Å². The summed E-state index contributed by atoms with van der Waals surface area (Å²) in [5.41, 5.74) is 10.1. The van der Waals surface area contributed by atoms with E-state index in [-0.39, 0.29) is 11.2 Å². The third-order valence-corrected chi connectivity index (χ3v) is 1.03. The predicted molar refractivity (Wildman–Crippen MR) is 48.6 cm³/mol. The molecular formula is C6H12ClN5. The van der Waals surface area contributed by atoms with Gasteiger partial charge in [-0.1, -0.05) is 6.92 Å². The van der Waals surface area contributed by atoms with E-state index in [1.54, 1.807) is 0 Å². The van der Waals surface area contributed by atoms with Gasteiger partial charge < -0.3 is 11.5 Å². The van der Waals surface area contributed by atoms with Crippen molar-refractivity contribution in [2.45, 2.75) is 13.3 Å². The summed E-state index contributed by atoms with van der Waals surface area (Å²) in [5, 5.41) is 0.123. The van der Waals surface area contributed by atoms with Gasteiger partial charge in [0.25, 0.3) is 0 Å². The number of hydrogen-bond donors (Lipinski definition) is 2. The molecule has 1 aromatic heterocycles. The van der Waals surface area contributed by atoms with Crippen molar-refractivity contribution in [3.05, 3.63) is 11.6 Å². The number of nitrogens with two attached hydrogens (primary N) is 2. The van der Waals surface area contributed by atoms with Crippen LogP contribution in [0.4, 0.5) is 5.95 Å². The first-order valence-electron chi connectivity index (χ1n) is 3.50. The van der Waals surface area contributed by atoms with Crippen molar-refractivity contribution in [2.24, 2.45) is 5.73 Å². The first kappa shape index (κ1) is 11.1. The average molecular weight is 190 g/mol. The normalized spacial score (nSPS) is 8.58. The van der Waals surface area contributed by atoms with E-state index in [1.807, 2.05) is 0 Å². The highest BCUT2D eigenvalue weighted by Crippen LogP contribution is 1.96. The molecule has 6 heteroatoms. The molecule has 0 aliphatic rings. The van der Waals surface area contributed by atoms with Gasteiger partial charge in [0.1, 0.15) is 6.33 Å². The van der Waals surface area contributed by atoms with Gasteiger partial charge in [0, 0.05) is 0 Å². The number of nitrogens with zero attached hydrogens (tertiary/aromatic N) is 3. The van der Waals surface area contributed by atoms with Gasteiger partial charge in [0.2, 0.25) is 11.2 Å². The maximum absolute atomic E-state index is 5.30. The number of aromatic nitrogens is 3. The minimum absolute atomic E-state index is 0.123. The summed E-state index contributed by atoms with van der Waals surface area (Å²) in [7, 11) is 0. The quantitative estimate of drug-likeness (QED) is 0.670. The van der Waals surface area contributed by atoms with Gasteiger partial charge in [-0.25, -0.2) is 9.97 Å². The van der Waals surface area contributed by atoms with Gasteiger partial charge in [-0.05, 0) is 24.6 Å². The van der Waals surface area contributed by atoms with E-state index in [9.17, 15) is 0 Å². The molecule has 0 bridgehead atoms. The lowest BCUT2D eigenvalue weighted by molar-refractivity contribution is 0.932. The highest BCUT2D eigenvalue weighted by Gasteiger charge is 1.87. The van der Waals surface area contributed by atoms with Crippen LogP contribution in [0.2, 0.25) is 5.28 Å². The Morgan fingerprint density at radius 2 is 2.08 bits per heavy atom. The van der Waals surface area contributed by atoms with Crippen molar-refractivity contribution in [2.75, 3.05) is 12.3 Å². The third kappa shape index (κ3) is 5.82. The molecule has 0 fully saturated rings. The van der Waals surface area contributed by atoms with Crippen molar-refractivity contribution in [1.82, 2.24) is 15.0 Å². The smallest absolute Gasteiger partial charge is 0.227 e. The van der Waals surface area contributed by atoms with Crippen LogP contribution in [0.15, 0.2) is 6.33 Å². The van der Waals surface area contributed by atoms with Gasteiger partial charge in [0.05, 0.1) is 0 Å². The molecule has 12 heavy (non-hydrogen) atoms. The first-order valence-corrected chi connectivity index (χ1v) is 3.88. The van der Waals surface area contributed by atoms with Crippen LogP contribution in [-0.2, 0) is 0 Å². The Kier molecular flexibility index (Phi) is 6.22. The second-order valence-electron chi connectivity index (χ2n) is 1.90. The molecule has 68 valence electrons. The summed E-state index contributed by atoms with van der Waals surface area (Å²) in [5.74, 6) is 0.144. The molecule has 0 spiro atoms. The summed E-state index contributed by atoms with van der Waals surface area (Å²) >= 11 is 5.30. The molecule has 1 aromatic rings. The molecular weight excluding hydrogens is 178 g/mol. The maximum Gasteiger partial charge on any atom is 0.227 e. The van der Waals surface area contributed by atoms with Crippen molar-refractivity contribution >= 4 is 17.5 Å². The van der Waals surface area contributed by atoms with Crippen LogP contribution in [-0.4, -0.2) is 21.5 Å². The molecule has 1 heterocycles. The lowest BCUT2D eigenvalue weighted by Crippen LogP contribution is -1.94. The molecule has 0 saturated carbocycles. The lowest BCUT2D eigenvalue weighted by atomic mass is 10.5. The van der Waals surface area contributed by atoms with Gasteiger partial charge in [0.15, 0.2) is 0 Å². The number of rotatable bonds is 1. The minimum atomic E-state index is 0.123. The fourth-order valence-corrected chi connectivity index (χ4v) is 0.418. The van der Waals surface area contributed by atoms with Crippen LogP contribution in [0.1, 0.15) is 13.3 Å². The number of halogens is 1. The minimum Gasteiger partial charge on any atom is -0.368 e. The van der Waals surface area contributed by atoms with Crippen LogP contribution in [0.25, 0.3) is 0 Å². The Balaban J connectivity index is 0.000000261. The molecule has 4 N–H and O–H groups in total. The van der Waals surface area contributed by atoms with E-state index >= 15 is 0 Å². The van der Waals surface area contributed by atoms with Gasteiger partial charge in [-0.2, -0.15) is 4.98 Å². The fraction of sp³-hybridized carbons (Fsp3) is 0.500. The fourth-order valence-electron chi connectivity index (χ4n) is 0.288. The molecule has 5 nitrogen and oxygen atoms in total. The van der Waals surface area contributed by atoms with E-state index in [0.717, 1.165) is 13.0 Å². The van der Waals surface area contributed by atoms with E-state index in [0.29, 0.717) is 0 Å². The Morgan fingerprint density at radius 3 is 2.33 bits per heavy atom. The highest BCUT2D eigenvalue weighted by molar-refractivity contribution is 6.28. The molecule has 0 aromatic carbocycles. The van der Waals surface area contributed by atoms with Crippen LogP contribution in [0.3, 0.4) is 0 Å². The largest absolute Gasteiger partial charge is 0.368 e. The summed E-state index contributed by atoms with van der Waals surface area (Å²) in [6, 6.07) is 0. The van der Waals surface area contributed by atoms with Crippen molar-refractivity contribution in [3.8, 4) is 0 Å². The first-order chi connectivity index (χ1) is 5.70. The van der Waals surface area contributed by atoms with Crippen LogP contribution >= 0.6 is 11.6 Å². The molecule has 0 aliphatic heterocycles. The Labute approximate surface area is 76.2 Å². The van der Waals surface area contributed by atoms with Crippen molar-refractivity contribution in [1.29, 1.82) is 0 Å².